The monoisotopic (exact) mass is 348 g/mol. The van der Waals surface area contributed by atoms with E-state index < -0.39 is 11.7 Å². The zero-order valence-electron chi connectivity index (χ0n) is 12.6. The van der Waals surface area contributed by atoms with Crippen LogP contribution in [0.4, 0.5) is 9.39 Å². The first-order valence-corrected chi connectivity index (χ1v) is 8.12. The quantitative estimate of drug-likeness (QED) is 0.796. The van der Waals surface area contributed by atoms with Gasteiger partial charge in [0.1, 0.15) is 16.9 Å². The summed E-state index contributed by atoms with van der Waals surface area (Å²) in [5.41, 5.74) is 1.58. The summed E-state index contributed by atoms with van der Waals surface area (Å²) in [7, 11) is 0. The molecule has 1 amide bonds. The minimum absolute atomic E-state index is 0.154. The molecule has 2 aromatic rings. The molecule has 0 spiro atoms. The Balaban J connectivity index is 2.21. The van der Waals surface area contributed by atoms with Gasteiger partial charge in [-0.15, -0.1) is 11.3 Å². The van der Waals surface area contributed by atoms with Crippen LogP contribution in [0.15, 0.2) is 24.3 Å². The maximum Gasteiger partial charge on any atom is 0.249 e. The predicted molar refractivity (Wildman–Crippen MR) is 92.2 cm³/mol. The van der Waals surface area contributed by atoms with Crippen molar-refractivity contribution in [3.8, 4) is 6.07 Å². The van der Waals surface area contributed by atoms with Gasteiger partial charge in [0.25, 0.3) is 0 Å². The Morgan fingerprint density at radius 1 is 1.52 bits per heavy atom. The van der Waals surface area contributed by atoms with Crippen LogP contribution in [0.5, 0.6) is 0 Å². The summed E-state index contributed by atoms with van der Waals surface area (Å²) in [5.74, 6) is -0.941. The smallest absolute Gasteiger partial charge is 0.249 e. The van der Waals surface area contributed by atoms with Crippen molar-refractivity contribution in [1.29, 1.82) is 5.26 Å². The first kappa shape index (κ1) is 17.2. The highest BCUT2D eigenvalue weighted by atomic mass is 35.5. The lowest BCUT2D eigenvalue weighted by atomic mass is 10.1. The van der Waals surface area contributed by atoms with Crippen molar-refractivity contribution < 1.29 is 9.18 Å². The number of nitrogens with one attached hydrogen (secondary N) is 1. The standard InChI is InChI=1S/C17H14ClFN2OS/c1-3-11-10(2)23-17(13(11)9-20)21-16(22)8-7-12-14(18)5-4-6-15(12)19/h4-8H,3H2,1-2H3,(H,21,22)/b8-7-. The van der Waals surface area contributed by atoms with Crippen molar-refractivity contribution in [3.63, 3.8) is 0 Å². The molecular formula is C17H14ClFN2OS. The fourth-order valence-corrected chi connectivity index (χ4v) is 3.52. The largest absolute Gasteiger partial charge is 0.313 e. The minimum atomic E-state index is -0.500. The van der Waals surface area contributed by atoms with E-state index in [2.05, 4.69) is 11.4 Å². The summed E-state index contributed by atoms with van der Waals surface area (Å²) in [4.78, 5) is 13.0. The number of amides is 1. The number of halogens is 2. The molecule has 1 heterocycles. The zero-order chi connectivity index (χ0) is 17.0. The van der Waals surface area contributed by atoms with Crippen LogP contribution < -0.4 is 5.32 Å². The number of nitrogens with zero attached hydrogens (tertiary/aromatic N) is 1. The van der Waals surface area contributed by atoms with Gasteiger partial charge in [0, 0.05) is 16.5 Å². The van der Waals surface area contributed by atoms with Gasteiger partial charge in [0.2, 0.25) is 5.91 Å². The van der Waals surface area contributed by atoms with E-state index in [4.69, 9.17) is 11.6 Å². The van der Waals surface area contributed by atoms with Crippen molar-refractivity contribution in [3.05, 3.63) is 56.7 Å². The predicted octanol–water partition coefficient (Wildman–Crippen LogP) is 4.94. The number of thiophene rings is 1. The Labute approximate surface area is 143 Å². The van der Waals surface area contributed by atoms with Gasteiger partial charge in [-0.25, -0.2) is 4.39 Å². The third-order valence-electron chi connectivity index (χ3n) is 3.31. The molecule has 1 aromatic heterocycles. The molecule has 1 aromatic carbocycles. The number of nitriles is 1. The van der Waals surface area contributed by atoms with E-state index in [0.29, 0.717) is 10.6 Å². The lowest BCUT2D eigenvalue weighted by molar-refractivity contribution is -0.111. The van der Waals surface area contributed by atoms with Gasteiger partial charge in [-0.05, 0) is 37.1 Å². The van der Waals surface area contributed by atoms with Gasteiger partial charge in [-0.1, -0.05) is 24.6 Å². The molecule has 0 aliphatic rings. The molecule has 0 fully saturated rings. The molecular weight excluding hydrogens is 335 g/mol. The minimum Gasteiger partial charge on any atom is -0.313 e. The number of anilines is 1. The molecule has 3 nitrogen and oxygen atoms in total. The van der Waals surface area contributed by atoms with Gasteiger partial charge in [0.15, 0.2) is 0 Å². The summed E-state index contributed by atoms with van der Waals surface area (Å²) in [6.07, 6.45) is 3.24. The normalized spacial score (nSPS) is 10.7. The molecule has 1 N–H and O–H groups in total. The van der Waals surface area contributed by atoms with Crippen LogP contribution in [-0.2, 0) is 11.2 Å². The Morgan fingerprint density at radius 2 is 2.26 bits per heavy atom. The summed E-state index contributed by atoms with van der Waals surface area (Å²) < 4.78 is 13.6. The third kappa shape index (κ3) is 3.79. The van der Waals surface area contributed by atoms with E-state index in [1.807, 2.05) is 13.8 Å². The second-order valence-electron chi connectivity index (χ2n) is 4.76. The zero-order valence-corrected chi connectivity index (χ0v) is 14.2. The number of hydrogen-bond acceptors (Lipinski definition) is 3. The molecule has 0 unspecified atom stereocenters. The molecule has 0 saturated carbocycles. The van der Waals surface area contributed by atoms with Crippen molar-refractivity contribution in [2.45, 2.75) is 20.3 Å². The number of carbonyl (C=O) groups is 1. The Morgan fingerprint density at radius 3 is 2.87 bits per heavy atom. The van der Waals surface area contributed by atoms with Gasteiger partial charge in [0.05, 0.1) is 10.6 Å². The van der Waals surface area contributed by atoms with Crippen molar-refractivity contribution in [2.24, 2.45) is 0 Å². The van der Waals surface area contributed by atoms with E-state index in [9.17, 15) is 14.4 Å². The van der Waals surface area contributed by atoms with Crippen molar-refractivity contribution >= 4 is 39.9 Å². The molecule has 0 radical (unpaired) electrons. The van der Waals surface area contributed by atoms with Crippen LogP contribution in [-0.4, -0.2) is 5.91 Å². The van der Waals surface area contributed by atoms with Crippen LogP contribution in [0.25, 0.3) is 6.08 Å². The molecule has 0 aliphatic heterocycles. The van der Waals surface area contributed by atoms with E-state index in [1.165, 1.54) is 35.6 Å². The molecule has 6 heteroatoms. The maximum absolute atomic E-state index is 13.6. The summed E-state index contributed by atoms with van der Waals surface area (Å²) in [6, 6.07) is 6.44. The van der Waals surface area contributed by atoms with Gasteiger partial charge in [-0.2, -0.15) is 5.26 Å². The van der Waals surface area contributed by atoms with Crippen LogP contribution in [0.1, 0.15) is 28.5 Å². The summed E-state index contributed by atoms with van der Waals surface area (Å²) >= 11 is 7.26. The SMILES string of the molecule is CCc1c(C)sc(NC(=O)/C=C\c2c(F)cccc2Cl)c1C#N. The molecule has 0 saturated heterocycles. The van der Waals surface area contributed by atoms with Gasteiger partial charge in [-0.3, -0.25) is 4.79 Å². The van der Waals surface area contributed by atoms with Crippen LogP contribution >= 0.6 is 22.9 Å². The third-order valence-corrected chi connectivity index (χ3v) is 4.70. The van der Waals surface area contributed by atoms with Crippen molar-refractivity contribution in [2.75, 3.05) is 5.32 Å². The lowest BCUT2D eigenvalue weighted by Gasteiger charge is -2.01. The molecule has 118 valence electrons. The number of carbonyl (C=O) groups excluding carboxylic acids is 1. The van der Waals surface area contributed by atoms with Gasteiger partial charge < -0.3 is 5.32 Å². The Kier molecular flexibility index (Phi) is 5.54. The number of benzene rings is 1. The average molecular weight is 349 g/mol. The summed E-state index contributed by atoms with van der Waals surface area (Å²) in [6.45, 7) is 3.87. The highest BCUT2D eigenvalue weighted by molar-refractivity contribution is 7.16. The molecule has 2 rings (SSSR count). The topological polar surface area (TPSA) is 52.9 Å². The first-order valence-electron chi connectivity index (χ1n) is 6.93. The van der Waals surface area contributed by atoms with Crippen LogP contribution in [0.2, 0.25) is 5.02 Å². The number of aryl methyl sites for hydroxylation is 1. The summed E-state index contributed by atoms with van der Waals surface area (Å²) in [5, 5.41) is 12.7. The lowest BCUT2D eigenvalue weighted by Crippen LogP contribution is -2.07. The fraction of sp³-hybridized carbons (Fsp3) is 0.176. The highest BCUT2D eigenvalue weighted by Gasteiger charge is 2.15. The van der Waals surface area contributed by atoms with Gasteiger partial charge >= 0.3 is 0 Å². The second kappa shape index (κ2) is 7.40. The van der Waals surface area contributed by atoms with Crippen LogP contribution in [0.3, 0.4) is 0 Å². The highest BCUT2D eigenvalue weighted by Crippen LogP contribution is 2.32. The first-order chi connectivity index (χ1) is 11.0. The number of rotatable bonds is 4. The molecule has 23 heavy (non-hydrogen) atoms. The molecule has 0 bridgehead atoms. The van der Waals surface area contributed by atoms with Crippen LogP contribution in [0, 0.1) is 24.1 Å². The van der Waals surface area contributed by atoms with E-state index in [1.54, 1.807) is 6.07 Å². The maximum atomic E-state index is 13.6. The molecule has 0 aliphatic carbocycles. The second-order valence-corrected chi connectivity index (χ2v) is 6.40. The fourth-order valence-electron chi connectivity index (χ4n) is 2.19. The van der Waals surface area contributed by atoms with E-state index in [0.717, 1.165) is 16.9 Å². The Hall–Kier alpha value is -2.16. The molecule has 0 atom stereocenters. The Bertz CT molecular complexity index is 800. The van der Waals surface area contributed by atoms with Crippen molar-refractivity contribution in [1.82, 2.24) is 0 Å². The van der Waals surface area contributed by atoms with E-state index >= 15 is 0 Å². The average Bonchev–Trinajstić information content (AvgIpc) is 2.81. The number of hydrogen-bond donors (Lipinski definition) is 1. The van der Waals surface area contributed by atoms with E-state index in [-0.39, 0.29) is 10.6 Å².